The molecule has 4 heteroatoms. The van der Waals surface area contributed by atoms with Crippen LogP contribution in [0.15, 0.2) is 18.2 Å². The first kappa shape index (κ1) is 10.8. The van der Waals surface area contributed by atoms with Gasteiger partial charge in [0.25, 0.3) is 0 Å². The normalized spacial score (nSPS) is 10.8. The molecule has 0 saturated carbocycles. The van der Waals surface area contributed by atoms with Gasteiger partial charge in [0.1, 0.15) is 5.69 Å². The number of rotatable bonds is 2. The summed E-state index contributed by atoms with van der Waals surface area (Å²) in [7, 11) is 0. The van der Waals surface area contributed by atoms with Gasteiger partial charge in [-0.2, -0.15) is 0 Å². The monoisotopic (exact) mass is 217 g/mol. The molecule has 1 N–H and O–H groups in total. The van der Waals surface area contributed by atoms with Crippen molar-refractivity contribution in [3.05, 3.63) is 40.7 Å². The zero-order valence-electron chi connectivity index (χ0n) is 9.73. The summed E-state index contributed by atoms with van der Waals surface area (Å²) in [6.07, 6.45) is 0. The SMILES string of the molecule is Cc1ccc(C)c(-n2nnc(CO)c2C)c1. The van der Waals surface area contributed by atoms with E-state index in [-0.39, 0.29) is 6.61 Å². The molecule has 0 atom stereocenters. The Labute approximate surface area is 94.5 Å². The molecule has 84 valence electrons. The van der Waals surface area contributed by atoms with E-state index in [9.17, 15) is 0 Å². The molecule has 0 aliphatic heterocycles. The summed E-state index contributed by atoms with van der Waals surface area (Å²) in [5.41, 5.74) is 4.85. The molecule has 2 rings (SSSR count). The maximum atomic E-state index is 9.09. The first-order valence-electron chi connectivity index (χ1n) is 5.23. The largest absolute Gasteiger partial charge is 0.390 e. The highest BCUT2D eigenvalue weighted by atomic mass is 16.3. The smallest absolute Gasteiger partial charge is 0.111 e. The zero-order valence-corrected chi connectivity index (χ0v) is 9.73. The third kappa shape index (κ3) is 1.72. The fraction of sp³-hybridized carbons (Fsp3) is 0.333. The Hall–Kier alpha value is -1.68. The molecule has 0 bridgehead atoms. The van der Waals surface area contributed by atoms with Crippen LogP contribution >= 0.6 is 0 Å². The Kier molecular flexibility index (Phi) is 2.75. The van der Waals surface area contributed by atoms with E-state index in [0.717, 1.165) is 16.9 Å². The van der Waals surface area contributed by atoms with Crippen LogP contribution in [0.2, 0.25) is 0 Å². The molecular formula is C12H15N3O. The third-order valence-corrected chi connectivity index (χ3v) is 2.73. The number of aliphatic hydroxyl groups excluding tert-OH is 1. The van der Waals surface area contributed by atoms with Crippen molar-refractivity contribution < 1.29 is 5.11 Å². The lowest BCUT2D eigenvalue weighted by Gasteiger charge is -2.08. The molecule has 1 aromatic carbocycles. The second kappa shape index (κ2) is 4.06. The Morgan fingerprint density at radius 1 is 1.25 bits per heavy atom. The molecule has 0 aliphatic rings. The third-order valence-electron chi connectivity index (χ3n) is 2.73. The van der Waals surface area contributed by atoms with Crippen molar-refractivity contribution in [2.24, 2.45) is 0 Å². The van der Waals surface area contributed by atoms with Gasteiger partial charge >= 0.3 is 0 Å². The van der Waals surface area contributed by atoms with Gasteiger partial charge in [0, 0.05) is 0 Å². The lowest BCUT2D eigenvalue weighted by Crippen LogP contribution is -2.02. The summed E-state index contributed by atoms with van der Waals surface area (Å²) in [6.45, 7) is 5.92. The van der Waals surface area contributed by atoms with Crippen molar-refractivity contribution >= 4 is 0 Å². The second-order valence-corrected chi connectivity index (χ2v) is 3.98. The minimum atomic E-state index is -0.0727. The zero-order chi connectivity index (χ0) is 11.7. The molecule has 1 heterocycles. The standard InChI is InChI=1S/C12H15N3O/c1-8-4-5-9(2)12(6-8)15-10(3)11(7-16)13-14-15/h4-6,16H,7H2,1-3H3. The molecule has 0 amide bonds. The predicted octanol–water partition coefficient (Wildman–Crippen LogP) is 1.68. The summed E-state index contributed by atoms with van der Waals surface area (Å²) in [4.78, 5) is 0. The molecule has 4 nitrogen and oxygen atoms in total. The molecule has 0 spiro atoms. The van der Waals surface area contributed by atoms with Crippen molar-refractivity contribution in [2.45, 2.75) is 27.4 Å². The summed E-state index contributed by atoms with van der Waals surface area (Å²) in [5.74, 6) is 0. The fourth-order valence-corrected chi connectivity index (χ4v) is 1.68. The van der Waals surface area contributed by atoms with Crippen LogP contribution in [0.1, 0.15) is 22.5 Å². The van der Waals surface area contributed by atoms with Crippen LogP contribution in [0.5, 0.6) is 0 Å². The Morgan fingerprint density at radius 3 is 2.62 bits per heavy atom. The summed E-state index contributed by atoms with van der Waals surface area (Å²) in [5, 5.41) is 17.1. The van der Waals surface area contributed by atoms with Crippen LogP contribution in [0.3, 0.4) is 0 Å². The van der Waals surface area contributed by atoms with Gasteiger partial charge in [0.05, 0.1) is 18.0 Å². The highest BCUT2D eigenvalue weighted by molar-refractivity contribution is 5.43. The summed E-state index contributed by atoms with van der Waals surface area (Å²) >= 11 is 0. The maximum Gasteiger partial charge on any atom is 0.111 e. The van der Waals surface area contributed by atoms with Crippen molar-refractivity contribution in [1.29, 1.82) is 0 Å². The van der Waals surface area contributed by atoms with Crippen molar-refractivity contribution in [3.63, 3.8) is 0 Å². The maximum absolute atomic E-state index is 9.09. The second-order valence-electron chi connectivity index (χ2n) is 3.98. The first-order valence-corrected chi connectivity index (χ1v) is 5.23. The van der Waals surface area contributed by atoms with Crippen molar-refractivity contribution in [1.82, 2.24) is 15.0 Å². The molecule has 0 aliphatic carbocycles. The minimum Gasteiger partial charge on any atom is -0.390 e. The van der Waals surface area contributed by atoms with Crippen LogP contribution in [0, 0.1) is 20.8 Å². The van der Waals surface area contributed by atoms with Crippen LogP contribution in [0.25, 0.3) is 5.69 Å². The van der Waals surface area contributed by atoms with Crippen LogP contribution in [-0.2, 0) is 6.61 Å². The first-order chi connectivity index (χ1) is 7.63. The minimum absolute atomic E-state index is 0.0727. The number of hydrogen-bond donors (Lipinski definition) is 1. The lowest BCUT2D eigenvalue weighted by molar-refractivity contribution is 0.276. The molecule has 2 aromatic rings. The van der Waals surface area contributed by atoms with E-state index in [2.05, 4.69) is 28.5 Å². The topological polar surface area (TPSA) is 50.9 Å². The number of hydrogen-bond acceptors (Lipinski definition) is 3. The highest BCUT2D eigenvalue weighted by Gasteiger charge is 2.10. The number of nitrogens with zero attached hydrogens (tertiary/aromatic N) is 3. The van der Waals surface area contributed by atoms with Gasteiger partial charge in [-0.3, -0.25) is 0 Å². The quantitative estimate of drug-likeness (QED) is 0.832. The van der Waals surface area contributed by atoms with E-state index in [0.29, 0.717) is 5.69 Å². The van der Waals surface area contributed by atoms with Gasteiger partial charge in [-0.1, -0.05) is 17.3 Å². The van der Waals surface area contributed by atoms with E-state index in [1.54, 1.807) is 4.68 Å². The van der Waals surface area contributed by atoms with Gasteiger partial charge in [-0.25, -0.2) is 4.68 Å². The lowest BCUT2D eigenvalue weighted by atomic mass is 10.1. The molecule has 1 aromatic heterocycles. The molecule has 0 radical (unpaired) electrons. The summed E-state index contributed by atoms with van der Waals surface area (Å²) in [6, 6.07) is 6.20. The van der Waals surface area contributed by atoms with E-state index >= 15 is 0 Å². The molecule has 0 fully saturated rings. The van der Waals surface area contributed by atoms with Gasteiger partial charge in [0.15, 0.2) is 0 Å². The molecule has 0 unspecified atom stereocenters. The molecular weight excluding hydrogens is 202 g/mol. The van der Waals surface area contributed by atoms with Crippen LogP contribution in [-0.4, -0.2) is 20.1 Å². The van der Waals surface area contributed by atoms with E-state index < -0.39 is 0 Å². The van der Waals surface area contributed by atoms with Gasteiger partial charge in [-0.05, 0) is 38.0 Å². The van der Waals surface area contributed by atoms with E-state index in [1.807, 2.05) is 20.8 Å². The number of aliphatic hydroxyl groups is 1. The average Bonchev–Trinajstić information content (AvgIpc) is 2.63. The molecule has 16 heavy (non-hydrogen) atoms. The highest BCUT2D eigenvalue weighted by Crippen LogP contribution is 2.17. The average molecular weight is 217 g/mol. The predicted molar refractivity (Wildman–Crippen MR) is 61.5 cm³/mol. The van der Waals surface area contributed by atoms with Crippen molar-refractivity contribution in [2.75, 3.05) is 0 Å². The fourth-order valence-electron chi connectivity index (χ4n) is 1.68. The van der Waals surface area contributed by atoms with Crippen LogP contribution < -0.4 is 0 Å². The van der Waals surface area contributed by atoms with E-state index in [4.69, 9.17) is 5.11 Å². The Balaban J connectivity index is 2.58. The number of aromatic nitrogens is 3. The number of aryl methyl sites for hydroxylation is 2. The van der Waals surface area contributed by atoms with Crippen LogP contribution in [0.4, 0.5) is 0 Å². The Bertz CT molecular complexity index is 517. The Morgan fingerprint density at radius 2 is 2.00 bits per heavy atom. The molecule has 0 saturated heterocycles. The van der Waals surface area contributed by atoms with Gasteiger partial charge < -0.3 is 5.11 Å². The van der Waals surface area contributed by atoms with Crippen molar-refractivity contribution in [3.8, 4) is 5.69 Å². The van der Waals surface area contributed by atoms with Gasteiger partial charge in [-0.15, -0.1) is 5.10 Å². The summed E-state index contributed by atoms with van der Waals surface area (Å²) < 4.78 is 1.77. The number of benzene rings is 1. The van der Waals surface area contributed by atoms with E-state index in [1.165, 1.54) is 5.56 Å². The van der Waals surface area contributed by atoms with Gasteiger partial charge in [0.2, 0.25) is 0 Å².